The zero-order valence-corrected chi connectivity index (χ0v) is 7.77. The van der Waals surface area contributed by atoms with Gasteiger partial charge in [-0.1, -0.05) is 13.3 Å². The molecule has 1 heterocycles. The van der Waals surface area contributed by atoms with Crippen molar-refractivity contribution in [2.75, 3.05) is 13.1 Å². The van der Waals surface area contributed by atoms with Gasteiger partial charge in [0, 0.05) is 19.1 Å². The van der Waals surface area contributed by atoms with E-state index in [1.165, 1.54) is 32.2 Å². The summed E-state index contributed by atoms with van der Waals surface area (Å²) < 4.78 is 0. The Balaban J connectivity index is 2.18. The van der Waals surface area contributed by atoms with Crippen LogP contribution < -0.4 is 5.43 Å². The molecule has 0 spiro atoms. The van der Waals surface area contributed by atoms with Gasteiger partial charge in [0.25, 0.3) is 0 Å². The third-order valence-electron chi connectivity index (χ3n) is 2.37. The fraction of sp³-hybridized carbons (Fsp3) is 1.00. The Morgan fingerprint density at radius 1 is 1.45 bits per heavy atom. The maximum atomic E-state index is 3.45. The van der Waals surface area contributed by atoms with Crippen molar-refractivity contribution in [2.24, 2.45) is 0 Å². The van der Waals surface area contributed by atoms with Gasteiger partial charge in [0.05, 0.1) is 0 Å². The van der Waals surface area contributed by atoms with E-state index in [1.54, 1.807) is 0 Å². The second-order valence-electron chi connectivity index (χ2n) is 3.45. The molecule has 2 nitrogen and oxygen atoms in total. The molecule has 66 valence electrons. The minimum atomic E-state index is 0.746. The molecule has 1 aliphatic rings. The Morgan fingerprint density at radius 3 is 2.91 bits per heavy atom. The monoisotopic (exact) mass is 156 g/mol. The van der Waals surface area contributed by atoms with Gasteiger partial charge in [-0.25, -0.2) is 5.01 Å². The van der Waals surface area contributed by atoms with E-state index in [0.29, 0.717) is 0 Å². The summed E-state index contributed by atoms with van der Waals surface area (Å²) in [6.45, 7) is 6.88. The predicted octanol–water partition coefficient (Wildman–Crippen LogP) is 1.78. The van der Waals surface area contributed by atoms with Gasteiger partial charge in [0.2, 0.25) is 0 Å². The summed E-state index contributed by atoms with van der Waals surface area (Å²) in [5, 5.41) is 2.40. The number of hydrogen-bond donors (Lipinski definition) is 1. The van der Waals surface area contributed by atoms with Crippen LogP contribution >= 0.6 is 0 Å². The van der Waals surface area contributed by atoms with Crippen molar-refractivity contribution in [1.82, 2.24) is 10.4 Å². The number of nitrogens with zero attached hydrogens (tertiary/aromatic N) is 1. The first-order chi connectivity index (χ1) is 5.34. The summed E-state index contributed by atoms with van der Waals surface area (Å²) in [4.78, 5) is 0. The van der Waals surface area contributed by atoms with E-state index in [1.807, 2.05) is 0 Å². The van der Waals surface area contributed by atoms with Gasteiger partial charge in [0.15, 0.2) is 0 Å². The van der Waals surface area contributed by atoms with Gasteiger partial charge in [-0.2, -0.15) is 0 Å². The fourth-order valence-electron chi connectivity index (χ4n) is 1.59. The molecule has 0 amide bonds. The Kier molecular flexibility index (Phi) is 3.87. The molecule has 0 bridgehead atoms. The van der Waals surface area contributed by atoms with E-state index in [0.717, 1.165) is 12.6 Å². The van der Waals surface area contributed by atoms with Crippen molar-refractivity contribution in [1.29, 1.82) is 0 Å². The first-order valence-electron chi connectivity index (χ1n) is 4.84. The average molecular weight is 156 g/mol. The van der Waals surface area contributed by atoms with Gasteiger partial charge in [0.1, 0.15) is 0 Å². The first kappa shape index (κ1) is 9.01. The molecule has 1 unspecified atom stereocenters. The summed E-state index contributed by atoms with van der Waals surface area (Å²) in [6, 6.07) is 0.746. The molecule has 0 radical (unpaired) electrons. The summed E-state index contributed by atoms with van der Waals surface area (Å²) >= 11 is 0. The van der Waals surface area contributed by atoms with E-state index in [4.69, 9.17) is 0 Å². The first-order valence-corrected chi connectivity index (χ1v) is 4.84. The van der Waals surface area contributed by atoms with Crippen LogP contribution in [0.4, 0.5) is 0 Å². The van der Waals surface area contributed by atoms with Crippen molar-refractivity contribution in [3.05, 3.63) is 0 Å². The van der Waals surface area contributed by atoms with Crippen molar-refractivity contribution >= 4 is 0 Å². The van der Waals surface area contributed by atoms with Crippen LogP contribution in [0.1, 0.15) is 39.5 Å². The second-order valence-corrected chi connectivity index (χ2v) is 3.45. The molecular formula is C9H20N2. The van der Waals surface area contributed by atoms with Gasteiger partial charge in [-0.3, -0.25) is 5.43 Å². The number of hydrogen-bond acceptors (Lipinski definition) is 2. The van der Waals surface area contributed by atoms with Crippen molar-refractivity contribution in [3.8, 4) is 0 Å². The van der Waals surface area contributed by atoms with Crippen LogP contribution in [0.3, 0.4) is 0 Å². The highest BCUT2D eigenvalue weighted by Gasteiger charge is 2.16. The van der Waals surface area contributed by atoms with Gasteiger partial charge in [-0.05, 0) is 26.2 Å². The molecule has 0 aromatic rings. The minimum Gasteiger partial charge on any atom is -0.255 e. The van der Waals surface area contributed by atoms with Crippen molar-refractivity contribution in [2.45, 2.75) is 45.6 Å². The molecule has 1 saturated heterocycles. The Bertz CT molecular complexity index is 104. The lowest BCUT2D eigenvalue weighted by Crippen LogP contribution is -2.47. The maximum absolute atomic E-state index is 3.45. The highest BCUT2D eigenvalue weighted by atomic mass is 15.5. The van der Waals surface area contributed by atoms with Crippen molar-refractivity contribution < 1.29 is 0 Å². The van der Waals surface area contributed by atoms with E-state index in [9.17, 15) is 0 Å². The van der Waals surface area contributed by atoms with Gasteiger partial charge >= 0.3 is 0 Å². The lowest BCUT2D eigenvalue weighted by Gasteiger charge is -2.33. The topological polar surface area (TPSA) is 15.3 Å². The Morgan fingerprint density at radius 2 is 2.27 bits per heavy atom. The molecular weight excluding hydrogens is 136 g/mol. The lowest BCUT2D eigenvalue weighted by atomic mass is 10.1. The number of rotatable bonds is 3. The van der Waals surface area contributed by atoms with Crippen LogP contribution in [0, 0.1) is 0 Å². The normalized spacial score (nSPS) is 27.3. The lowest BCUT2D eigenvalue weighted by molar-refractivity contribution is 0.0970. The van der Waals surface area contributed by atoms with Crippen LogP contribution in [-0.4, -0.2) is 24.1 Å². The molecule has 1 rings (SSSR count). The SMILES string of the molecule is CCCNN1CCCCC1C. The molecule has 1 atom stereocenters. The quantitative estimate of drug-likeness (QED) is 0.670. The highest BCUT2D eigenvalue weighted by Crippen LogP contribution is 2.13. The molecule has 0 aliphatic carbocycles. The summed E-state index contributed by atoms with van der Waals surface area (Å²) in [5.41, 5.74) is 3.45. The molecule has 0 aromatic carbocycles. The summed E-state index contributed by atoms with van der Waals surface area (Å²) in [6.07, 6.45) is 5.35. The second kappa shape index (κ2) is 4.73. The molecule has 11 heavy (non-hydrogen) atoms. The van der Waals surface area contributed by atoms with Gasteiger partial charge < -0.3 is 0 Å². The largest absolute Gasteiger partial charge is 0.255 e. The van der Waals surface area contributed by atoms with Crippen molar-refractivity contribution in [3.63, 3.8) is 0 Å². The summed E-state index contributed by atoms with van der Waals surface area (Å²) in [7, 11) is 0. The van der Waals surface area contributed by atoms with Gasteiger partial charge in [-0.15, -0.1) is 0 Å². The molecule has 2 heteroatoms. The molecule has 1 fully saturated rings. The van der Waals surface area contributed by atoms with E-state index in [2.05, 4.69) is 24.3 Å². The van der Waals surface area contributed by atoms with E-state index in [-0.39, 0.29) is 0 Å². The van der Waals surface area contributed by atoms with E-state index >= 15 is 0 Å². The standard InChI is InChI=1S/C9H20N2/c1-3-7-10-11-8-5-4-6-9(11)2/h9-10H,3-8H2,1-2H3. The smallest absolute Gasteiger partial charge is 0.0215 e. The number of hydrazine groups is 1. The average Bonchev–Trinajstić information content (AvgIpc) is 2.03. The summed E-state index contributed by atoms with van der Waals surface area (Å²) in [5.74, 6) is 0. The third kappa shape index (κ3) is 2.80. The van der Waals surface area contributed by atoms with Crippen LogP contribution in [0.15, 0.2) is 0 Å². The molecule has 0 aromatic heterocycles. The van der Waals surface area contributed by atoms with Crippen LogP contribution in [0.5, 0.6) is 0 Å². The highest BCUT2D eigenvalue weighted by molar-refractivity contribution is 4.69. The van der Waals surface area contributed by atoms with Crippen LogP contribution in [0.2, 0.25) is 0 Å². The third-order valence-corrected chi connectivity index (χ3v) is 2.37. The Hall–Kier alpha value is -0.0800. The maximum Gasteiger partial charge on any atom is 0.0215 e. The van der Waals surface area contributed by atoms with Crippen LogP contribution in [0.25, 0.3) is 0 Å². The zero-order valence-electron chi connectivity index (χ0n) is 7.77. The number of piperidine rings is 1. The van der Waals surface area contributed by atoms with E-state index < -0.39 is 0 Å². The number of nitrogens with one attached hydrogen (secondary N) is 1. The van der Waals surface area contributed by atoms with Crippen LogP contribution in [-0.2, 0) is 0 Å². The zero-order chi connectivity index (χ0) is 8.10. The molecule has 0 saturated carbocycles. The predicted molar refractivity (Wildman–Crippen MR) is 48.3 cm³/mol. The Labute approximate surface area is 69.9 Å². The molecule has 1 aliphatic heterocycles. The minimum absolute atomic E-state index is 0.746. The fourth-order valence-corrected chi connectivity index (χ4v) is 1.59. The molecule has 1 N–H and O–H groups in total.